The van der Waals surface area contributed by atoms with Gasteiger partial charge in [-0.3, -0.25) is 9.59 Å². The number of amides is 1. The highest BCUT2D eigenvalue weighted by molar-refractivity contribution is 7.89. The highest BCUT2D eigenvalue weighted by Gasteiger charge is 2.23. The summed E-state index contributed by atoms with van der Waals surface area (Å²) in [5, 5.41) is 7.44. The van der Waals surface area contributed by atoms with Crippen molar-refractivity contribution in [1.82, 2.24) is 24.4 Å². The third-order valence-electron chi connectivity index (χ3n) is 5.58. The number of H-pyrrole nitrogens is 1. The van der Waals surface area contributed by atoms with Gasteiger partial charge in [0.1, 0.15) is 0 Å². The van der Waals surface area contributed by atoms with Crippen LogP contribution in [0.4, 0.5) is 0 Å². The van der Waals surface area contributed by atoms with Gasteiger partial charge < -0.3 is 10.3 Å². The summed E-state index contributed by atoms with van der Waals surface area (Å²) in [5.41, 5.74) is 1.68. The quantitative estimate of drug-likeness (QED) is 0.403. The number of aromatic nitrogens is 3. The van der Waals surface area contributed by atoms with Crippen LogP contribution >= 0.6 is 0 Å². The molecule has 10 heteroatoms. The minimum atomic E-state index is -3.73. The zero-order valence-electron chi connectivity index (χ0n) is 18.9. The normalized spacial score (nSPS) is 11.7. The maximum absolute atomic E-state index is 13.1. The molecule has 176 valence electrons. The Morgan fingerprint density at radius 2 is 1.85 bits per heavy atom. The Balaban J connectivity index is 1.69. The Bertz CT molecular complexity index is 1490. The van der Waals surface area contributed by atoms with Crippen LogP contribution in [0.1, 0.15) is 29.8 Å². The molecule has 0 atom stereocenters. The lowest BCUT2D eigenvalue weighted by molar-refractivity contribution is 0.0952. The Morgan fingerprint density at radius 1 is 1.09 bits per heavy atom. The number of nitrogens with one attached hydrogen (secondary N) is 2. The van der Waals surface area contributed by atoms with Crippen molar-refractivity contribution in [2.75, 3.05) is 13.1 Å². The Kier molecular flexibility index (Phi) is 6.62. The minimum Gasteiger partial charge on any atom is -0.348 e. The van der Waals surface area contributed by atoms with Gasteiger partial charge in [-0.1, -0.05) is 32.0 Å². The van der Waals surface area contributed by atoms with Gasteiger partial charge in [0.25, 0.3) is 5.91 Å². The molecule has 4 aromatic rings. The molecular formula is C24H25N5O4S. The molecule has 2 aromatic carbocycles. The molecule has 1 amide bonds. The van der Waals surface area contributed by atoms with Gasteiger partial charge in [0, 0.05) is 49.0 Å². The first-order chi connectivity index (χ1) is 16.3. The zero-order chi connectivity index (χ0) is 24.3. The first-order valence-electron chi connectivity index (χ1n) is 10.9. The molecule has 34 heavy (non-hydrogen) atoms. The van der Waals surface area contributed by atoms with Crippen LogP contribution in [0, 0.1) is 0 Å². The Hall–Kier alpha value is -3.76. The molecule has 0 saturated carbocycles. The molecular weight excluding hydrogens is 454 g/mol. The lowest BCUT2D eigenvalue weighted by Gasteiger charge is -2.19. The number of hydrogen-bond donors (Lipinski definition) is 2. The number of pyridine rings is 1. The van der Waals surface area contributed by atoms with E-state index in [1.807, 2.05) is 36.5 Å². The summed E-state index contributed by atoms with van der Waals surface area (Å²) in [6, 6.07) is 14.9. The summed E-state index contributed by atoms with van der Waals surface area (Å²) in [5.74, 6) is -0.483. The van der Waals surface area contributed by atoms with Gasteiger partial charge in [0.05, 0.1) is 16.1 Å². The molecule has 2 aromatic heterocycles. The molecule has 0 radical (unpaired) electrons. The third-order valence-corrected chi connectivity index (χ3v) is 7.63. The summed E-state index contributed by atoms with van der Waals surface area (Å²) in [4.78, 5) is 28.1. The van der Waals surface area contributed by atoms with E-state index < -0.39 is 21.5 Å². The van der Waals surface area contributed by atoms with Crippen LogP contribution < -0.4 is 10.9 Å². The summed E-state index contributed by atoms with van der Waals surface area (Å²) >= 11 is 0. The van der Waals surface area contributed by atoms with E-state index in [-0.39, 0.29) is 17.0 Å². The molecule has 0 spiro atoms. The lowest BCUT2D eigenvalue weighted by atomic mass is 10.1. The van der Waals surface area contributed by atoms with Crippen LogP contribution in [0.15, 0.2) is 76.7 Å². The Labute approximate surface area is 197 Å². The van der Waals surface area contributed by atoms with Crippen molar-refractivity contribution in [3.05, 3.63) is 88.5 Å². The maximum Gasteiger partial charge on any atom is 0.252 e. The van der Waals surface area contributed by atoms with E-state index in [1.165, 1.54) is 28.6 Å². The summed E-state index contributed by atoms with van der Waals surface area (Å²) in [6.07, 6.45) is 3.48. The van der Waals surface area contributed by atoms with Crippen LogP contribution in [0.25, 0.3) is 16.6 Å². The maximum atomic E-state index is 13.1. The summed E-state index contributed by atoms with van der Waals surface area (Å²) in [6.45, 7) is 4.37. The number of hydrogen-bond acceptors (Lipinski definition) is 5. The van der Waals surface area contributed by atoms with Crippen LogP contribution in [0.2, 0.25) is 0 Å². The van der Waals surface area contributed by atoms with E-state index >= 15 is 0 Å². The van der Waals surface area contributed by atoms with Gasteiger partial charge in [0.2, 0.25) is 15.6 Å². The van der Waals surface area contributed by atoms with Crippen molar-refractivity contribution >= 4 is 26.8 Å². The molecule has 0 fully saturated rings. The second kappa shape index (κ2) is 9.62. The molecule has 0 aliphatic rings. The molecule has 2 heterocycles. The minimum absolute atomic E-state index is 0.0637. The van der Waals surface area contributed by atoms with Crippen LogP contribution in [-0.2, 0) is 16.6 Å². The van der Waals surface area contributed by atoms with Gasteiger partial charge in [0.15, 0.2) is 0 Å². The van der Waals surface area contributed by atoms with Crippen molar-refractivity contribution < 1.29 is 13.2 Å². The van der Waals surface area contributed by atoms with Gasteiger partial charge >= 0.3 is 0 Å². The van der Waals surface area contributed by atoms with E-state index in [9.17, 15) is 18.0 Å². The van der Waals surface area contributed by atoms with E-state index in [0.29, 0.717) is 24.0 Å². The molecule has 0 saturated heterocycles. The molecule has 9 nitrogen and oxygen atoms in total. The molecule has 0 aliphatic heterocycles. The molecule has 4 rings (SSSR count). The van der Waals surface area contributed by atoms with E-state index in [0.717, 1.165) is 11.3 Å². The first kappa shape index (κ1) is 23.4. The van der Waals surface area contributed by atoms with Gasteiger partial charge in [-0.05, 0) is 35.9 Å². The molecule has 0 aliphatic carbocycles. The average Bonchev–Trinajstić information content (AvgIpc) is 3.37. The number of benzene rings is 2. The van der Waals surface area contributed by atoms with Gasteiger partial charge in [-0.15, -0.1) is 0 Å². The van der Waals surface area contributed by atoms with Gasteiger partial charge in [-0.25, -0.2) is 13.1 Å². The molecule has 2 N–H and O–H groups in total. The standard InChI is InChI=1S/C24H25N5O4S/c1-3-28(4-2)34(32,33)18-10-11-21-19(14-18)20(15-23(30)27-21)24(31)25-16-17-8-5-6-9-22(17)29-13-7-12-26-29/h5-15H,3-4,16H2,1-2H3,(H,25,31)(H,27,30). The van der Waals surface area contributed by atoms with Crippen LogP contribution in [-0.4, -0.2) is 46.5 Å². The van der Waals surface area contributed by atoms with Crippen molar-refractivity contribution in [2.45, 2.75) is 25.3 Å². The van der Waals surface area contributed by atoms with Crippen molar-refractivity contribution in [3.63, 3.8) is 0 Å². The molecule has 0 unspecified atom stereocenters. The van der Waals surface area contributed by atoms with Crippen molar-refractivity contribution in [3.8, 4) is 5.69 Å². The second-order valence-corrected chi connectivity index (χ2v) is 9.54. The summed E-state index contributed by atoms with van der Waals surface area (Å²) in [7, 11) is -3.73. The predicted octanol–water partition coefficient (Wildman–Crippen LogP) is 2.67. The zero-order valence-corrected chi connectivity index (χ0v) is 19.7. The fourth-order valence-corrected chi connectivity index (χ4v) is 5.34. The number of fused-ring (bicyclic) bond motifs is 1. The fourth-order valence-electron chi connectivity index (χ4n) is 3.86. The fraction of sp³-hybridized carbons (Fsp3) is 0.208. The monoisotopic (exact) mass is 479 g/mol. The van der Waals surface area contributed by atoms with E-state index in [2.05, 4.69) is 15.4 Å². The highest BCUT2D eigenvalue weighted by atomic mass is 32.2. The number of rotatable bonds is 8. The number of nitrogens with zero attached hydrogens (tertiary/aromatic N) is 3. The number of sulfonamides is 1. The second-order valence-electron chi connectivity index (χ2n) is 7.61. The largest absolute Gasteiger partial charge is 0.348 e. The first-order valence-corrected chi connectivity index (χ1v) is 12.3. The predicted molar refractivity (Wildman–Crippen MR) is 129 cm³/mol. The average molecular weight is 480 g/mol. The lowest BCUT2D eigenvalue weighted by Crippen LogP contribution is -2.30. The van der Waals surface area contributed by atoms with Crippen LogP contribution in [0.5, 0.6) is 0 Å². The Morgan fingerprint density at radius 3 is 2.56 bits per heavy atom. The number of para-hydroxylation sites is 1. The smallest absolute Gasteiger partial charge is 0.252 e. The van der Waals surface area contributed by atoms with Crippen molar-refractivity contribution in [1.29, 1.82) is 0 Å². The van der Waals surface area contributed by atoms with E-state index in [1.54, 1.807) is 24.7 Å². The number of carbonyl (C=O) groups is 1. The highest BCUT2D eigenvalue weighted by Crippen LogP contribution is 2.23. The topological polar surface area (TPSA) is 117 Å². The van der Waals surface area contributed by atoms with Crippen LogP contribution in [0.3, 0.4) is 0 Å². The van der Waals surface area contributed by atoms with Gasteiger partial charge in [-0.2, -0.15) is 9.40 Å². The SMILES string of the molecule is CCN(CC)S(=O)(=O)c1ccc2[nH]c(=O)cc(C(=O)NCc3ccccc3-n3cccn3)c2c1. The summed E-state index contributed by atoms with van der Waals surface area (Å²) < 4.78 is 29.0. The number of carbonyl (C=O) groups excluding carboxylic acids is 1. The van der Waals surface area contributed by atoms with Crippen molar-refractivity contribution in [2.24, 2.45) is 0 Å². The van der Waals surface area contributed by atoms with E-state index in [4.69, 9.17) is 0 Å². The number of aromatic amines is 1. The third kappa shape index (κ3) is 4.50. The molecule has 0 bridgehead atoms.